The molecule has 0 radical (unpaired) electrons. The quantitative estimate of drug-likeness (QED) is 0.852. The first-order valence-corrected chi connectivity index (χ1v) is 6.72. The van der Waals surface area contributed by atoms with Crippen molar-refractivity contribution in [3.05, 3.63) is 41.6 Å². The molecule has 1 amide bonds. The lowest BCUT2D eigenvalue weighted by Gasteiger charge is -2.07. The number of rotatable bonds is 5. The van der Waals surface area contributed by atoms with Gasteiger partial charge in [-0.2, -0.15) is 10.4 Å². The lowest BCUT2D eigenvalue weighted by atomic mass is 10.1. The Hall–Kier alpha value is -3.27. The second-order valence-electron chi connectivity index (χ2n) is 4.57. The molecule has 1 aromatic carbocycles. The molecule has 1 aromatic heterocycles. The van der Waals surface area contributed by atoms with Gasteiger partial charge < -0.3 is 14.8 Å². The monoisotopic (exact) mass is 312 g/mol. The van der Waals surface area contributed by atoms with Crippen molar-refractivity contribution >= 4 is 17.8 Å². The molecule has 0 aliphatic carbocycles. The third kappa shape index (κ3) is 3.68. The van der Waals surface area contributed by atoms with Crippen LogP contribution in [0.3, 0.4) is 0 Å². The van der Waals surface area contributed by atoms with E-state index in [9.17, 15) is 4.79 Å². The van der Waals surface area contributed by atoms with Gasteiger partial charge in [0.05, 0.1) is 20.4 Å². The number of aryl methyl sites for hydroxylation is 1. The Kier molecular flexibility index (Phi) is 5.00. The average Bonchev–Trinajstić information content (AvgIpc) is 2.92. The first-order valence-electron chi connectivity index (χ1n) is 6.72. The van der Waals surface area contributed by atoms with Crippen molar-refractivity contribution in [3.63, 3.8) is 0 Å². The molecule has 0 saturated heterocycles. The zero-order chi connectivity index (χ0) is 16.8. The number of nitrogens with one attached hydrogen (secondary N) is 1. The number of hydrogen-bond donors (Lipinski definition) is 1. The Morgan fingerprint density at radius 2 is 2.17 bits per heavy atom. The van der Waals surface area contributed by atoms with Gasteiger partial charge in [-0.1, -0.05) is 0 Å². The van der Waals surface area contributed by atoms with Crippen molar-refractivity contribution in [3.8, 4) is 17.6 Å². The van der Waals surface area contributed by atoms with Crippen LogP contribution in [0.25, 0.3) is 6.08 Å². The topological polar surface area (TPSA) is 89.2 Å². The van der Waals surface area contributed by atoms with Crippen molar-refractivity contribution in [1.29, 1.82) is 5.26 Å². The minimum atomic E-state index is -0.372. The number of nitriles is 1. The highest BCUT2D eigenvalue weighted by Gasteiger charge is 2.10. The highest BCUT2D eigenvalue weighted by molar-refractivity contribution is 6.02. The van der Waals surface area contributed by atoms with Gasteiger partial charge >= 0.3 is 0 Å². The number of nitrogens with zero attached hydrogens (tertiary/aromatic N) is 3. The molecule has 0 aliphatic rings. The SMILES string of the molecule is COc1ccc(/C=C/C(=O)Nc2c(C#N)cnn2C)c(OC)c1. The van der Waals surface area contributed by atoms with Crippen LogP contribution >= 0.6 is 0 Å². The third-order valence-electron chi connectivity index (χ3n) is 3.16. The number of benzene rings is 1. The summed E-state index contributed by atoms with van der Waals surface area (Å²) in [6.07, 6.45) is 4.38. The summed E-state index contributed by atoms with van der Waals surface area (Å²) in [6.45, 7) is 0. The molecule has 0 aliphatic heterocycles. The van der Waals surface area contributed by atoms with Crippen molar-refractivity contribution < 1.29 is 14.3 Å². The summed E-state index contributed by atoms with van der Waals surface area (Å²) in [5.74, 6) is 1.23. The predicted octanol–water partition coefficient (Wildman–Crippen LogP) is 1.96. The molecule has 0 fully saturated rings. The van der Waals surface area contributed by atoms with Gasteiger partial charge in [0.15, 0.2) is 0 Å². The molecule has 2 rings (SSSR count). The highest BCUT2D eigenvalue weighted by atomic mass is 16.5. The molecule has 0 atom stereocenters. The standard InChI is InChI=1S/C16H16N4O3/c1-20-16(12(9-17)10-18-20)19-15(21)7-5-11-4-6-13(22-2)8-14(11)23-3/h4-8,10H,1-3H3,(H,19,21)/b7-5+. The van der Waals surface area contributed by atoms with Crippen LogP contribution in [0.1, 0.15) is 11.1 Å². The Balaban J connectivity index is 2.16. The largest absolute Gasteiger partial charge is 0.497 e. The summed E-state index contributed by atoms with van der Waals surface area (Å²) in [4.78, 5) is 12.0. The van der Waals surface area contributed by atoms with Gasteiger partial charge in [-0.3, -0.25) is 9.48 Å². The van der Waals surface area contributed by atoms with Crippen LogP contribution < -0.4 is 14.8 Å². The fraction of sp³-hybridized carbons (Fsp3) is 0.188. The Morgan fingerprint density at radius 3 is 2.83 bits per heavy atom. The van der Waals surface area contributed by atoms with Crippen LogP contribution in [0.5, 0.6) is 11.5 Å². The van der Waals surface area contributed by atoms with Gasteiger partial charge in [-0.15, -0.1) is 0 Å². The van der Waals surface area contributed by atoms with Crippen molar-refractivity contribution in [2.45, 2.75) is 0 Å². The molecule has 2 aromatic rings. The predicted molar refractivity (Wildman–Crippen MR) is 85.1 cm³/mol. The summed E-state index contributed by atoms with van der Waals surface area (Å²) in [7, 11) is 4.76. The van der Waals surface area contributed by atoms with Crippen molar-refractivity contribution in [1.82, 2.24) is 9.78 Å². The summed E-state index contributed by atoms with van der Waals surface area (Å²) in [5, 5.41) is 15.5. The van der Waals surface area contributed by atoms with E-state index in [2.05, 4.69) is 10.4 Å². The number of aromatic nitrogens is 2. The van der Waals surface area contributed by atoms with Crippen LogP contribution in [0.2, 0.25) is 0 Å². The Morgan fingerprint density at radius 1 is 1.39 bits per heavy atom. The van der Waals surface area contributed by atoms with Crippen molar-refractivity contribution in [2.75, 3.05) is 19.5 Å². The molecule has 1 N–H and O–H groups in total. The van der Waals surface area contributed by atoms with Crippen LogP contribution in [0.4, 0.5) is 5.82 Å². The molecular weight excluding hydrogens is 296 g/mol. The lowest BCUT2D eigenvalue weighted by Crippen LogP contribution is -2.12. The molecule has 7 nitrogen and oxygen atoms in total. The van der Waals surface area contributed by atoms with Crippen LogP contribution in [-0.4, -0.2) is 29.9 Å². The molecule has 0 bridgehead atoms. The van der Waals surface area contributed by atoms with Gasteiger partial charge in [0.25, 0.3) is 0 Å². The normalized spacial score (nSPS) is 10.3. The molecule has 1 heterocycles. The van der Waals surface area contributed by atoms with Crippen LogP contribution in [-0.2, 0) is 11.8 Å². The van der Waals surface area contributed by atoms with E-state index in [1.165, 1.54) is 17.0 Å². The van der Waals surface area contributed by atoms with E-state index in [1.807, 2.05) is 6.07 Å². The van der Waals surface area contributed by atoms with Crippen molar-refractivity contribution in [2.24, 2.45) is 7.05 Å². The first kappa shape index (κ1) is 16.1. The molecule has 0 unspecified atom stereocenters. The van der Waals surface area contributed by atoms with E-state index in [0.29, 0.717) is 22.9 Å². The van der Waals surface area contributed by atoms with E-state index >= 15 is 0 Å². The number of methoxy groups -OCH3 is 2. The number of ether oxygens (including phenoxy) is 2. The number of carbonyl (C=O) groups excluding carboxylic acids is 1. The maximum atomic E-state index is 12.0. The van der Waals surface area contributed by atoms with Gasteiger partial charge in [0.2, 0.25) is 5.91 Å². The van der Waals surface area contributed by atoms with E-state index in [4.69, 9.17) is 14.7 Å². The molecule has 118 valence electrons. The van der Waals surface area contributed by atoms with Gasteiger partial charge in [0, 0.05) is 24.8 Å². The Bertz CT molecular complexity index is 787. The number of carbonyl (C=O) groups is 1. The minimum absolute atomic E-state index is 0.302. The van der Waals surface area contributed by atoms with E-state index in [1.54, 1.807) is 45.5 Å². The lowest BCUT2D eigenvalue weighted by molar-refractivity contribution is -0.111. The third-order valence-corrected chi connectivity index (χ3v) is 3.16. The summed E-state index contributed by atoms with van der Waals surface area (Å²) in [6, 6.07) is 7.26. The zero-order valence-electron chi connectivity index (χ0n) is 13.0. The van der Waals surface area contributed by atoms with Crippen LogP contribution in [0.15, 0.2) is 30.5 Å². The first-order chi connectivity index (χ1) is 11.1. The fourth-order valence-corrected chi connectivity index (χ4v) is 1.95. The van der Waals surface area contributed by atoms with Crippen LogP contribution in [0, 0.1) is 11.3 Å². The fourth-order valence-electron chi connectivity index (χ4n) is 1.95. The maximum absolute atomic E-state index is 12.0. The van der Waals surface area contributed by atoms with E-state index < -0.39 is 0 Å². The number of hydrogen-bond acceptors (Lipinski definition) is 5. The average molecular weight is 312 g/mol. The zero-order valence-corrected chi connectivity index (χ0v) is 13.0. The van der Waals surface area contributed by atoms with Gasteiger partial charge in [-0.05, 0) is 18.2 Å². The smallest absolute Gasteiger partial charge is 0.249 e. The number of amides is 1. The Labute approximate surface area is 133 Å². The summed E-state index contributed by atoms with van der Waals surface area (Å²) in [5.41, 5.74) is 1.03. The minimum Gasteiger partial charge on any atom is -0.497 e. The van der Waals surface area contributed by atoms with E-state index in [-0.39, 0.29) is 5.91 Å². The molecule has 23 heavy (non-hydrogen) atoms. The van der Waals surface area contributed by atoms with Gasteiger partial charge in [-0.25, -0.2) is 0 Å². The van der Waals surface area contributed by atoms with E-state index in [0.717, 1.165) is 5.56 Å². The number of anilines is 1. The maximum Gasteiger partial charge on any atom is 0.249 e. The second-order valence-corrected chi connectivity index (χ2v) is 4.57. The summed E-state index contributed by atoms with van der Waals surface area (Å²) >= 11 is 0. The molecule has 7 heteroatoms. The summed E-state index contributed by atoms with van der Waals surface area (Å²) < 4.78 is 11.8. The second kappa shape index (κ2) is 7.13. The molecule has 0 saturated carbocycles. The highest BCUT2D eigenvalue weighted by Crippen LogP contribution is 2.25. The molecule has 0 spiro atoms. The van der Waals surface area contributed by atoms with Gasteiger partial charge in [0.1, 0.15) is 28.9 Å². The molecular formula is C16H16N4O3.